The first-order chi connectivity index (χ1) is 13.6. The number of hydrogen-bond acceptors (Lipinski definition) is 6. The van der Waals surface area contributed by atoms with Gasteiger partial charge in [0.25, 0.3) is 5.91 Å². The smallest absolute Gasteiger partial charge is 0.252 e. The molecular formula is C20H21ClN6O2. The van der Waals surface area contributed by atoms with E-state index in [4.69, 9.17) is 5.26 Å². The molecule has 3 rings (SSSR count). The maximum absolute atomic E-state index is 12.1. The number of carbonyl (C=O) groups is 1. The Morgan fingerprint density at radius 3 is 2.55 bits per heavy atom. The van der Waals surface area contributed by atoms with E-state index < -0.39 is 0 Å². The molecule has 9 heteroatoms. The molecule has 2 heterocycles. The zero-order chi connectivity index (χ0) is 19.9. The van der Waals surface area contributed by atoms with Crippen LogP contribution in [0.25, 0.3) is 16.9 Å². The van der Waals surface area contributed by atoms with E-state index in [2.05, 4.69) is 26.8 Å². The number of benzene rings is 1. The van der Waals surface area contributed by atoms with Gasteiger partial charge in [0.15, 0.2) is 5.82 Å². The largest absolute Gasteiger partial charge is 0.493 e. The van der Waals surface area contributed by atoms with Gasteiger partial charge in [0, 0.05) is 12.7 Å². The van der Waals surface area contributed by atoms with E-state index >= 15 is 0 Å². The zero-order valence-corrected chi connectivity index (χ0v) is 16.6. The van der Waals surface area contributed by atoms with Gasteiger partial charge in [-0.1, -0.05) is 12.1 Å². The van der Waals surface area contributed by atoms with Crippen molar-refractivity contribution in [3.05, 3.63) is 59.9 Å². The molecule has 0 spiro atoms. The first kappa shape index (κ1) is 21.9. The minimum atomic E-state index is -0.196. The van der Waals surface area contributed by atoms with Gasteiger partial charge >= 0.3 is 0 Å². The normalized spacial score (nSPS) is 10.1. The van der Waals surface area contributed by atoms with Gasteiger partial charge in [-0.05, 0) is 49.8 Å². The quantitative estimate of drug-likeness (QED) is 0.512. The van der Waals surface area contributed by atoms with Gasteiger partial charge in [0.05, 0.1) is 29.0 Å². The Balaban J connectivity index is 0.00000300. The average molecular weight is 413 g/mol. The standard InChI is InChI=1S/C20H20N6O2.ClH/c1-22-9-2-10-23-19(27)16-7-8-18(24-12-16)26-20(28)17(13-25-26)15-5-3-14(11-21)4-6-15;/h3-8,12-13,22,28H,2,9-10H2,1H3,(H,23,27);1H. The minimum Gasteiger partial charge on any atom is -0.493 e. The van der Waals surface area contributed by atoms with Crippen LogP contribution in [0, 0.1) is 11.3 Å². The Morgan fingerprint density at radius 1 is 1.17 bits per heavy atom. The molecule has 0 aliphatic rings. The molecule has 0 atom stereocenters. The number of amides is 1. The maximum atomic E-state index is 12.1. The number of pyridine rings is 1. The van der Waals surface area contributed by atoms with Gasteiger partial charge in [-0.25, -0.2) is 4.98 Å². The van der Waals surface area contributed by atoms with E-state index in [0.717, 1.165) is 18.5 Å². The van der Waals surface area contributed by atoms with Gasteiger partial charge in [0.1, 0.15) is 0 Å². The molecule has 2 aromatic heterocycles. The van der Waals surface area contributed by atoms with Crippen LogP contribution in [0.4, 0.5) is 0 Å². The number of carbonyl (C=O) groups excluding carboxylic acids is 1. The van der Waals surface area contributed by atoms with Crippen molar-refractivity contribution in [2.24, 2.45) is 0 Å². The van der Waals surface area contributed by atoms with Crippen molar-refractivity contribution in [2.45, 2.75) is 6.42 Å². The Kier molecular flexibility index (Phi) is 7.71. The summed E-state index contributed by atoms with van der Waals surface area (Å²) in [7, 11) is 1.86. The molecule has 0 aliphatic carbocycles. The predicted molar refractivity (Wildman–Crippen MR) is 111 cm³/mol. The van der Waals surface area contributed by atoms with Crippen LogP contribution < -0.4 is 10.6 Å². The summed E-state index contributed by atoms with van der Waals surface area (Å²) in [5.74, 6) is 0.128. The molecule has 0 saturated carbocycles. The van der Waals surface area contributed by atoms with Crippen LogP contribution in [0.5, 0.6) is 5.88 Å². The van der Waals surface area contributed by atoms with Gasteiger partial charge in [-0.3, -0.25) is 4.79 Å². The van der Waals surface area contributed by atoms with E-state index in [1.54, 1.807) is 36.4 Å². The molecule has 3 N–H and O–H groups in total. The van der Waals surface area contributed by atoms with Crippen molar-refractivity contribution in [1.82, 2.24) is 25.4 Å². The Bertz CT molecular complexity index is 993. The number of aromatic nitrogens is 3. The first-order valence-corrected chi connectivity index (χ1v) is 8.81. The van der Waals surface area contributed by atoms with Gasteiger partial charge in [-0.15, -0.1) is 12.4 Å². The highest BCUT2D eigenvalue weighted by Gasteiger charge is 2.14. The van der Waals surface area contributed by atoms with Gasteiger partial charge in [0.2, 0.25) is 5.88 Å². The summed E-state index contributed by atoms with van der Waals surface area (Å²) in [4.78, 5) is 16.3. The first-order valence-electron chi connectivity index (χ1n) is 8.81. The second-order valence-corrected chi connectivity index (χ2v) is 6.10. The SMILES string of the molecule is CNCCCNC(=O)c1ccc(-n2ncc(-c3ccc(C#N)cc3)c2O)nc1.Cl. The molecule has 3 aromatic rings. The number of nitriles is 1. The summed E-state index contributed by atoms with van der Waals surface area (Å²) in [6, 6.07) is 12.2. The van der Waals surface area contributed by atoms with Crippen LogP contribution >= 0.6 is 12.4 Å². The highest BCUT2D eigenvalue weighted by atomic mass is 35.5. The molecule has 1 amide bonds. The topological polar surface area (TPSA) is 116 Å². The van der Waals surface area contributed by atoms with Crippen molar-refractivity contribution in [2.75, 3.05) is 20.1 Å². The lowest BCUT2D eigenvalue weighted by atomic mass is 10.1. The van der Waals surface area contributed by atoms with E-state index in [-0.39, 0.29) is 24.2 Å². The molecule has 1 aromatic carbocycles. The third-order valence-electron chi connectivity index (χ3n) is 4.19. The number of halogens is 1. The molecule has 0 bridgehead atoms. The molecule has 0 saturated heterocycles. The summed E-state index contributed by atoms with van der Waals surface area (Å²) >= 11 is 0. The van der Waals surface area contributed by atoms with Gasteiger partial charge in [-0.2, -0.15) is 15.0 Å². The van der Waals surface area contributed by atoms with Crippen LogP contribution in [0.15, 0.2) is 48.8 Å². The monoisotopic (exact) mass is 412 g/mol. The number of nitrogens with zero attached hydrogens (tertiary/aromatic N) is 4. The Morgan fingerprint density at radius 2 is 1.93 bits per heavy atom. The van der Waals surface area contributed by atoms with Crippen LogP contribution in [-0.4, -0.2) is 45.9 Å². The number of aromatic hydroxyl groups is 1. The summed E-state index contributed by atoms with van der Waals surface area (Å²) in [6.45, 7) is 1.41. The van der Waals surface area contributed by atoms with Crippen LogP contribution in [-0.2, 0) is 0 Å². The lowest BCUT2D eigenvalue weighted by Gasteiger charge is -2.07. The third kappa shape index (κ3) is 5.10. The van der Waals surface area contributed by atoms with Crippen molar-refractivity contribution < 1.29 is 9.90 Å². The van der Waals surface area contributed by atoms with E-state index in [1.807, 2.05) is 7.05 Å². The second-order valence-electron chi connectivity index (χ2n) is 6.10. The van der Waals surface area contributed by atoms with Crippen molar-refractivity contribution in [1.29, 1.82) is 5.26 Å². The van der Waals surface area contributed by atoms with E-state index in [0.29, 0.717) is 29.1 Å². The summed E-state index contributed by atoms with van der Waals surface area (Å²) in [5, 5.41) is 29.4. The number of nitrogens with one attached hydrogen (secondary N) is 2. The highest BCUT2D eigenvalue weighted by molar-refractivity contribution is 5.93. The minimum absolute atomic E-state index is 0. The molecular weight excluding hydrogens is 392 g/mol. The molecule has 0 fully saturated rings. The Hall–Kier alpha value is -3.41. The molecule has 0 unspecified atom stereocenters. The zero-order valence-electron chi connectivity index (χ0n) is 15.8. The summed E-state index contributed by atoms with van der Waals surface area (Å²) in [6.07, 6.45) is 3.82. The lowest BCUT2D eigenvalue weighted by molar-refractivity contribution is 0.0953. The van der Waals surface area contributed by atoms with Gasteiger partial charge < -0.3 is 15.7 Å². The fourth-order valence-electron chi connectivity index (χ4n) is 2.65. The van der Waals surface area contributed by atoms with E-state index in [9.17, 15) is 9.90 Å². The fraction of sp³-hybridized carbons (Fsp3) is 0.200. The molecule has 29 heavy (non-hydrogen) atoms. The van der Waals surface area contributed by atoms with E-state index in [1.165, 1.54) is 17.1 Å². The predicted octanol–water partition coefficient (Wildman–Crippen LogP) is 2.27. The number of hydrogen-bond donors (Lipinski definition) is 3. The highest BCUT2D eigenvalue weighted by Crippen LogP contribution is 2.30. The average Bonchev–Trinajstić information content (AvgIpc) is 3.12. The van der Waals surface area contributed by atoms with Crippen molar-refractivity contribution in [3.8, 4) is 28.9 Å². The van der Waals surface area contributed by atoms with Crippen molar-refractivity contribution >= 4 is 18.3 Å². The summed E-state index contributed by atoms with van der Waals surface area (Å²) < 4.78 is 1.29. The molecule has 0 aliphatic heterocycles. The molecule has 150 valence electrons. The third-order valence-corrected chi connectivity index (χ3v) is 4.19. The van der Waals surface area contributed by atoms with Crippen LogP contribution in [0.2, 0.25) is 0 Å². The Labute approximate surface area is 174 Å². The van der Waals surface area contributed by atoms with Crippen LogP contribution in [0.1, 0.15) is 22.3 Å². The van der Waals surface area contributed by atoms with Crippen molar-refractivity contribution in [3.63, 3.8) is 0 Å². The maximum Gasteiger partial charge on any atom is 0.252 e. The fourth-order valence-corrected chi connectivity index (χ4v) is 2.65. The number of rotatable bonds is 7. The molecule has 8 nitrogen and oxygen atoms in total. The van der Waals surface area contributed by atoms with Crippen LogP contribution in [0.3, 0.4) is 0 Å². The lowest BCUT2D eigenvalue weighted by Crippen LogP contribution is -2.26. The summed E-state index contributed by atoms with van der Waals surface area (Å²) in [5.41, 5.74) is 2.24. The molecule has 0 radical (unpaired) electrons. The second kappa shape index (κ2) is 10.2.